The molecule has 0 radical (unpaired) electrons. The fraction of sp³-hybridized carbons (Fsp3) is 0.167. The van der Waals surface area contributed by atoms with Crippen LogP contribution in [0.4, 0.5) is 0 Å². The van der Waals surface area contributed by atoms with Gasteiger partial charge in [0.05, 0.1) is 33.6 Å². The van der Waals surface area contributed by atoms with Crippen LogP contribution in [-0.2, 0) is 9.68 Å². The van der Waals surface area contributed by atoms with Gasteiger partial charge < -0.3 is 9.68 Å². The number of hydrogen-bond donors (Lipinski definition) is 0. The molecule has 40 heavy (non-hydrogen) atoms. The summed E-state index contributed by atoms with van der Waals surface area (Å²) in [6, 6.07) is 5.73. The SMILES string of the molecule is O=c1c2cc3c(=O)n(C(CO[N+](=O)[O-])c4cccnc4)c(=O)c3cc2c(=O)n1C(CO[N+](=O)[O-])c1cccnc1. The van der Waals surface area contributed by atoms with Crippen LogP contribution in [0.25, 0.3) is 21.5 Å². The van der Waals surface area contributed by atoms with Gasteiger partial charge in [0.25, 0.3) is 32.4 Å². The third-order valence-corrected chi connectivity index (χ3v) is 6.39. The van der Waals surface area contributed by atoms with Gasteiger partial charge in [0.2, 0.25) is 0 Å². The van der Waals surface area contributed by atoms with Crippen molar-refractivity contribution in [3.63, 3.8) is 0 Å². The number of hydrogen-bond acceptors (Lipinski definition) is 12. The molecule has 16 heteroatoms. The van der Waals surface area contributed by atoms with E-state index in [9.17, 15) is 39.4 Å². The highest BCUT2D eigenvalue weighted by Crippen LogP contribution is 2.22. The zero-order valence-electron chi connectivity index (χ0n) is 20.1. The van der Waals surface area contributed by atoms with Crippen molar-refractivity contribution in [2.75, 3.05) is 13.2 Å². The summed E-state index contributed by atoms with van der Waals surface area (Å²) < 4.78 is 1.49. The van der Waals surface area contributed by atoms with Crippen molar-refractivity contribution >= 4 is 21.5 Å². The van der Waals surface area contributed by atoms with E-state index in [1.165, 1.54) is 49.1 Å². The molecule has 4 heterocycles. The van der Waals surface area contributed by atoms with Gasteiger partial charge in [0.1, 0.15) is 13.2 Å². The molecule has 5 aromatic rings. The lowest BCUT2D eigenvalue weighted by molar-refractivity contribution is -0.758. The Morgan fingerprint density at radius 2 is 1.02 bits per heavy atom. The third-order valence-electron chi connectivity index (χ3n) is 6.39. The minimum atomic E-state index is -1.24. The van der Waals surface area contributed by atoms with Crippen LogP contribution >= 0.6 is 0 Å². The van der Waals surface area contributed by atoms with E-state index in [1.807, 2.05) is 0 Å². The van der Waals surface area contributed by atoms with Gasteiger partial charge in [-0.25, -0.2) is 0 Å². The average molecular weight is 548 g/mol. The summed E-state index contributed by atoms with van der Waals surface area (Å²) in [5.74, 6) is 0. The van der Waals surface area contributed by atoms with Crippen LogP contribution in [0.5, 0.6) is 0 Å². The Bertz CT molecular complexity index is 1740. The quantitative estimate of drug-likeness (QED) is 0.170. The molecule has 0 aliphatic rings. The average Bonchev–Trinajstić information content (AvgIpc) is 3.33. The second-order valence-corrected chi connectivity index (χ2v) is 8.55. The predicted molar refractivity (Wildman–Crippen MR) is 136 cm³/mol. The van der Waals surface area contributed by atoms with Gasteiger partial charge >= 0.3 is 0 Å². The first kappa shape index (κ1) is 25.8. The van der Waals surface area contributed by atoms with Gasteiger partial charge in [-0.1, -0.05) is 12.1 Å². The summed E-state index contributed by atoms with van der Waals surface area (Å²) in [5, 5.41) is 18.8. The summed E-state index contributed by atoms with van der Waals surface area (Å²) in [5.41, 5.74) is -2.94. The maximum atomic E-state index is 13.4. The monoisotopic (exact) mass is 548 g/mol. The molecular formula is C24H16N6O10. The molecule has 0 aliphatic carbocycles. The Hall–Kier alpha value is -5.80. The molecule has 202 valence electrons. The number of nitrogens with zero attached hydrogens (tertiary/aromatic N) is 6. The van der Waals surface area contributed by atoms with Gasteiger partial charge in [0.15, 0.2) is 0 Å². The van der Waals surface area contributed by atoms with Crippen molar-refractivity contribution in [2.24, 2.45) is 0 Å². The molecule has 0 amide bonds. The second kappa shape index (κ2) is 10.2. The smallest absolute Gasteiger partial charge is 0.294 e. The van der Waals surface area contributed by atoms with E-state index in [0.717, 1.165) is 21.3 Å². The number of rotatable bonds is 10. The molecule has 2 atom stereocenters. The Balaban J connectivity index is 1.71. The number of benzene rings is 1. The Kier molecular flexibility index (Phi) is 6.56. The maximum Gasteiger partial charge on any atom is 0.294 e. The highest BCUT2D eigenvalue weighted by atomic mass is 17.0. The van der Waals surface area contributed by atoms with Crippen molar-refractivity contribution in [2.45, 2.75) is 12.1 Å². The normalized spacial score (nSPS) is 12.8. The molecule has 0 spiro atoms. The first-order chi connectivity index (χ1) is 19.2. The van der Waals surface area contributed by atoms with Crippen LogP contribution in [0.15, 0.2) is 80.4 Å². The first-order valence-electron chi connectivity index (χ1n) is 11.5. The van der Waals surface area contributed by atoms with E-state index < -0.39 is 57.7 Å². The summed E-state index contributed by atoms with van der Waals surface area (Å²) in [4.78, 5) is 92.2. The molecule has 0 aliphatic heterocycles. The molecule has 4 aromatic heterocycles. The zero-order valence-corrected chi connectivity index (χ0v) is 20.1. The lowest BCUT2D eigenvalue weighted by Crippen LogP contribution is -2.34. The first-order valence-corrected chi connectivity index (χ1v) is 11.5. The molecule has 5 rings (SSSR count). The van der Waals surface area contributed by atoms with Crippen LogP contribution in [-0.4, -0.2) is 42.5 Å². The molecule has 2 unspecified atom stereocenters. The Morgan fingerprint density at radius 3 is 1.30 bits per heavy atom. The van der Waals surface area contributed by atoms with Crippen LogP contribution in [0, 0.1) is 20.2 Å². The molecular weight excluding hydrogens is 532 g/mol. The largest absolute Gasteiger partial charge is 0.311 e. The van der Waals surface area contributed by atoms with Gasteiger partial charge in [0, 0.05) is 24.8 Å². The highest BCUT2D eigenvalue weighted by molar-refractivity contribution is 5.98. The second-order valence-electron chi connectivity index (χ2n) is 8.55. The van der Waals surface area contributed by atoms with Crippen LogP contribution in [0.3, 0.4) is 0 Å². The van der Waals surface area contributed by atoms with Crippen molar-refractivity contribution in [1.29, 1.82) is 0 Å². The Morgan fingerprint density at radius 1 is 0.675 bits per heavy atom. The van der Waals surface area contributed by atoms with E-state index in [4.69, 9.17) is 0 Å². The highest BCUT2D eigenvalue weighted by Gasteiger charge is 2.28. The van der Waals surface area contributed by atoms with Crippen molar-refractivity contribution < 1.29 is 19.8 Å². The minimum Gasteiger partial charge on any atom is -0.311 e. The lowest BCUT2D eigenvalue weighted by Gasteiger charge is -2.16. The van der Waals surface area contributed by atoms with Gasteiger partial charge in [-0.2, -0.15) is 0 Å². The predicted octanol–water partition coefficient (Wildman–Crippen LogP) is 0.298. The summed E-state index contributed by atoms with van der Waals surface area (Å²) in [7, 11) is 0. The van der Waals surface area contributed by atoms with Crippen molar-refractivity contribution in [3.8, 4) is 0 Å². The molecule has 0 saturated carbocycles. The molecule has 0 fully saturated rings. The number of aromatic nitrogens is 4. The minimum absolute atomic E-state index is 0.207. The molecule has 0 saturated heterocycles. The van der Waals surface area contributed by atoms with Gasteiger partial charge in [-0.3, -0.25) is 38.3 Å². The maximum absolute atomic E-state index is 13.4. The third kappa shape index (κ3) is 4.42. The van der Waals surface area contributed by atoms with E-state index in [1.54, 1.807) is 0 Å². The van der Waals surface area contributed by atoms with Crippen molar-refractivity contribution in [1.82, 2.24) is 19.1 Å². The van der Waals surface area contributed by atoms with E-state index in [-0.39, 0.29) is 32.7 Å². The van der Waals surface area contributed by atoms with E-state index >= 15 is 0 Å². The van der Waals surface area contributed by atoms with E-state index in [2.05, 4.69) is 19.6 Å². The topological polar surface area (TPSA) is 209 Å². The zero-order chi connectivity index (χ0) is 28.6. The Labute approximate surface area is 220 Å². The van der Waals surface area contributed by atoms with Gasteiger partial charge in [-0.05, 0) is 35.4 Å². The van der Waals surface area contributed by atoms with Gasteiger partial charge in [-0.15, -0.1) is 20.2 Å². The number of pyridine rings is 2. The number of fused-ring (bicyclic) bond motifs is 2. The van der Waals surface area contributed by atoms with Crippen LogP contribution in [0.1, 0.15) is 23.2 Å². The fourth-order valence-electron chi connectivity index (χ4n) is 4.63. The summed E-state index contributed by atoms with van der Waals surface area (Å²) in [6.07, 6.45) is 5.49. The van der Waals surface area contributed by atoms with E-state index in [0.29, 0.717) is 0 Å². The molecule has 16 nitrogen and oxygen atoms in total. The summed E-state index contributed by atoms with van der Waals surface area (Å²) >= 11 is 0. The molecule has 1 aromatic carbocycles. The standard InChI is InChI=1S/C24H16N6O10/c31-21-15-7-17-18(24(34)28(23(17)33)20(12-40-30(37)38)14-4-2-6-26-10-14)8-16(15)22(32)27(21)19(11-39-29(35)36)13-3-1-5-25-9-13/h1-10,19-20H,11-12H2. The molecule has 0 bridgehead atoms. The lowest BCUT2D eigenvalue weighted by atomic mass is 10.1. The van der Waals surface area contributed by atoms with Crippen LogP contribution in [0.2, 0.25) is 0 Å². The van der Waals surface area contributed by atoms with Crippen LogP contribution < -0.4 is 22.2 Å². The van der Waals surface area contributed by atoms with Crippen molar-refractivity contribution in [3.05, 3.63) is 134 Å². The molecule has 0 N–H and O–H groups in total. The summed E-state index contributed by atoms with van der Waals surface area (Å²) in [6.45, 7) is -1.36. The fourth-order valence-corrected chi connectivity index (χ4v) is 4.63.